The van der Waals surface area contributed by atoms with E-state index in [1.54, 1.807) is 13.0 Å². The summed E-state index contributed by atoms with van der Waals surface area (Å²) in [5, 5.41) is 8.66. The molecular weight excluding hydrogens is 140 g/mol. The van der Waals surface area contributed by atoms with Crippen LogP contribution in [0.5, 0.6) is 0 Å². The predicted octanol–water partition coefficient (Wildman–Crippen LogP) is 2.31. The van der Waals surface area contributed by atoms with Crippen molar-refractivity contribution < 1.29 is 9.90 Å². The Labute approximate surface area is 67.9 Å². The van der Waals surface area contributed by atoms with E-state index in [1.165, 1.54) is 0 Å². The summed E-state index contributed by atoms with van der Waals surface area (Å²) in [5.41, 5.74) is 0. The van der Waals surface area contributed by atoms with Crippen molar-refractivity contribution in [3.63, 3.8) is 0 Å². The Morgan fingerprint density at radius 1 is 1.73 bits per heavy atom. The molecule has 64 valence electrons. The molecule has 0 saturated heterocycles. The first-order valence-electron chi connectivity index (χ1n) is 3.98. The molecule has 0 heterocycles. The molecule has 0 saturated carbocycles. The van der Waals surface area contributed by atoms with E-state index in [4.69, 9.17) is 5.11 Å². The molecule has 0 spiro atoms. The van der Waals surface area contributed by atoms with Gasteiger partial charge in [-0.3, -0.25) is 4.79 Å². The molecule has 0 aromatic rings. The van der Waals surface area contributed by atoms with Gasteiger partial charge in [0.15, 0.2) is 0 Å². The summed E-state index contributed by atoms with van der Waals surface area (Å²) in [5.74, 6) is -0.909. The number of hydrogen-bond donors (Lipinski definition) is 1. The number of hydrogen-bond acceptors (Lipinski definition) is 1. The van der Waals surface area contributed by atoms with Crippen LogP contribution >= 0.6 is 0 Å². The number of aliphatic carboxylic acids is 1. The first-order valence-corrected chi connectivity index (χ1v) is 3.98. The number of carboxylic acid groups (broad SMARTS) is 1. The van der Waals surface area contributed by atoms with Gasteiger partial charge < -0.3 is 5.11 Å². The molecule has 0 rings (SSSR count). The van der Waals surface area contributed by atoms with Crippen LogP contribution in [0.3, 0.4) is 0 Å². The average molecular weight is 156 g/mol. The third-order valence-corrected chi connectivity index (χ3v) is 1.96. The standard InChI is InChI=1S/C9H16O2/c1-4-6-8(5-2)7(3)9(10)11/h5,7-8H,2,4,6H2,1,3H3,(H,10,11)/t7-,8-/m0/s1. The van der Waals surface area contributed by atoms with Gasteiger partial charge in [0.25, 0.3) is 0 Å². The average Bonchev–Trinajstić information content (AvgIpc) is 1.98. The fourth-order valence-electron chi connectivity index (χ4n) is 1.09. The van der Waals surface area contributed by atoms with Crippen molar-refractivity contribution in [3.8, 4) is 0 Å². The second kappa shape index (κ2) is 4.94. The molecular formula is C9H16O2. The quantitative estimate of drug-likeness (QED) is 0.620. The van der Waals surface area contributed by atoms with Crippen LogP contribution in [0.4, 0.5) is 0 Å². The van der Waals surface area contributed by atoms with Crippen molar-refractivity contribution in [2.75, 3.05) is 0 Å². The molecule has 0 radical (unpaired) electrons. The zero-order chi connectivity index (χ0) is 8.85. The van der Waals surface area contributed by atoms with Gasteiger partial charge in [0.1, 0.15) is 0 Å². The van der Waals surface area contributed by atoms with Crippen LogP contribution in [0.15, 0.2) is 12.7 Å². The van der Waals surface area contributed by atoms with Crippen molar-refractivity contribution in [2.45, 2.75) is 26.7 Å². The summed E-state index contributed by atoms with van der Waals surface area (Å²) in [7, 11) is 0. The lowest BCUT2D eigenvalue weighted by molar-refractivity contribution is -0.142. The highest BCUT2D eigenvalue weighted by molar-refractivity contribution is 5.70. The molecule has 0 aliphatic heterocycles. The Kier molecular flexibility index (Phi) is 4.59. The minimum atomic E-state index is -0.733. The Bertz CT molecular complexity index is 140. The lowest BCUT2D eigenvalue weighted by Gasteiger charge is -2.15. The lowest BCUT2D eigenvalue weighted by Crippen LogP contribution is -2.18. The van der Waals surface area contributed by atoms with Crippen molar-refractivity contribution in [2.24, 2.45) is 11.8 Å². The number of rotatable bonds is 5. The van der Waals surface area contributed by atoms with E-state index in [0.29, 0.717) is 0 Å². The topological polar surface area (TPSA) is 37.3 Å². The molecule has 2 nitrogen and oxygen atoms in total. The maximum absolute atomic E-state index is 10.5. The highest BCUT2D eigenvalue weighted by atomic mass is 16.4. The SMILES string of the molecule is C=C[C@@H](CCC)[C@H](C)C(=O)O. The first-order chi connectivity index (χ1) is 5.13. The summed E-state index contributed by atoms with van der Waals surface area (Å²) < 4.78 is 0. The molecule has 0 amide bonds. The monoisotopic (exact) mass is 156 g/mol. The second-order valence-corrected chi connectivity index (χ2v) is 2.82. The predicted molar refractivity (Wildman–Crippen MR) is 45.4 cm³/mol. The lowest BCUT2D eigenvalue weighted by atomic mass is 9.90. The normalized spacial score (nSPS) is 15.5. The van der Waals surface area contributed by atoms with Crippen LogP contribution < -0.4 is 0 Å². The van der Waals surface area contributed by atoms with E-state index in [1.807, 2.05) is 6.92 Å². The van der Waals surface area contributed by atoms with Gasteiger partial charge in [-0.25, -0.2) is 0 Å². The third kappa shape index (κ3) is 3.21. The van der Waals surface area contributed by atoms with Gasteiger partial charge in [-0.15, -0.1) is 6.58 Å². The van der Waals surface area contributed by atoms with Crippen LogP contribution in [-0.4, -0.2) is 11.1 Å². The minimum absolute atomic E-state index is 0.123. The van der Waals surface area contributed by atoms with E-state index in [2.05, 4.69) is 6.58 Å². The Morgan fingerprint density at radius 3 is 2.55 bits per heavy atom. The maximum Gasteiger partial charge on any atom is 0.306 e. The van der Waals surface area contributed by atoms with Crippen LogP contribution in [0.1, 0.15) is 26.7 Å². The summed E-state index contributed by atoms with van der Waals surface area (Å²) in [6.07, 6.45) is 3.66. The van der Waals surface area contributed by atoms with Gasteiger partial charge in [-0.05, 0) is 12.3 Å². The molecule has 0 bridgehead atoms. The highest BCUT2D eigenvalue weighted by Crippen LogP contribution is 2.18. The molecule has 2 atom stereocenters. The Balaban J connectivity index is 4.01. The van der Waals surface area contributed by atoms with Crippen LogP contribution in [0.2, 0.25) is 0 Å². The number of carbonyl (C=O) groups is 1. The highest BCUT2D eigenvalue weighted by Gasteiger charge is 2.19. The molecule has 0 aromatic carbocycles. The zero-order valence-corrected chi connectivity index (χ0v) is 7.21. The fraction of sp³-hybridized carbons (Fsp3) is 0.667. The summed E-state index contributed by atoms with van der Waals surface area (Å²) in [6.45, 7) is 7.39. The smallest absolute Gasteiger partial charge is 0.306 e. The summed E-state index contributed by atoms with van der Waals surface area (Å²) in [6, 6.07) is 0. The fourth-order valence-corrected chi connectivity index (χ4v) is 1.09. The number of carboxylic acids is 1. The minimum Gasteiger partial charge on any atom is -0.481 e. The molecule has 0 aliphatic carbocycles. The molecule has 1 N–H and O–H groups in total. The van der Waals surface area contributed by atoms with Gasteiger partial charge in [-0.2, -0.15) is 0 Å². The molecule has 0 aliphatic rings. The first kappa shape index (κ1) is 10.2. The van der Waals surface area contributed by atoms with Crippen LogP contribution in [0.25, 0.3) is 0 Å². The maximum atomic E-state index is 10.5. The van der Waals surface area contributed by atoms with Crippen LogP contribution in [0, 0.1) is 11.8 Å². The van der Waals surface area contributed by atoms with E-state index in [9.17, 15) is 4.79 Å². The third-order valence-electron chi connectivity index (χ3n) is 1.96. The van der Waals surface area contributed by atoms with Gasteiger partial charge >= 0.3 is 5.97 Å². The second-order valence-electron chi connectivity index (χ2n) is 2.82. The van der Waals surface area contributed by atoms with Crippen molar-refractivity contribution in [3.05, 3.63) is 12.7 Å². The van der Waals surface area contributed by atoms with Gasteiger partial charge in [0.05, 0.1) is 5.92 Å². The molecule has 0 fully saturated rings. The zero-order valence-electron chi connectivity index (χ0n) is 7.21. The van der Waals surface area contributed by atoms with Crippen molar-refractivity contribution >= 4 is 5.97 Å². The van der Waals surface area contributed by atoms with Gasteiger partial charge in [0, 0.05) is 0 Å². The van der Waals surface area contributed by atoms with E-state index >= 15 is 0 Å². The van der Waals surface area contributed by atoms with E-state index in [0.717, 1.165) is 12.8 Å². The summed E-state index contributed by atoms with van der Waals surface area (Å²) in [4.78, 5) is 10.5. The Hall–Kier alpha value is -0.790. The van der Waals surface area contributed by atoms with Crippen molar-refractivity contribution in [1.82, 2.24) is 0 Å². The molecule has 2 heteroatoms. The molecule has 0 aromatic heterocycles. The van der Waals surface area contributed by atoms with Gasteiger partial charge in [0.2, 0.25) is 0 Å². The van der Waals surface area contributed by atoms with Crippen molar-refractivity contribution in [1.29, 1.82) is 0 Å². The molecule has 0 unspecified atom stereocenters. The van der Waals surface area contributed by atoms with E-state index < -0.39 is 5.97 Å². The van der Waals surface area contributed by atoms with E-state index in [-0.39, 0.29) is 11.8 Å². The number of allylic oxidation sites excluding steroid dienone is 1. The molecule has 11 heavy (non-hydrogen) atoms. The van der Waals surface area contributed by atoms with Crippen LogP contribution in [-0.2, 0) is 4.79 Å². The van der Waals surface area contributed by atoms with Gasteiger partial charge in [-0.1, -0.05) is 26.3 Å². The Morgan fingerprint density at radius 2 is 2.27 bits per heavy atom. The summed E-state index contributed by atoms with van der Waals surface area (Å²) >= 11 is 0. The largest absolute Gasteiger partial charge is 0.481 e.